The molecule has 1 fully saturated rings. The molecule has 2 nitrogen and oxygen atoms in total. The fourth-order valence-corrected chi connectivity index (χ4v) is 1.75. The lowest BCUT2D eigenvalue weighted by Gasteiger charge is -2.29. The van der Waals surface area contributed by atoms with Crippen LogP contribution in [0.25, 0.3) is 0 Å². The molecule has 1 unspecified atom stereocenters. The van der Waals surface area contributed by atoms with Crippen LogP contribution in [0.5, 0.6) is 0 Å². The Bertz CT molecular complexity index is 309. The Morgan fingerprint density at radius 1 is 1.46 bits per heavy atom. The van der Waals surface area contributed by atoms with Crippen molar-refractivity contribution in [1.29, 1.82) is 5.26 Å². The number of pyridine rings is 1. The Hall–Kier alpha value is -1.36. The summed E-state index contributed by atoms with van der Waals surface area (Å²) in [6.07, 6.45) is 5.41. The SMILES string of the molecule is N#CC(c1ccccn1)C1CCC1. The molecule has 1 aromatic heterocycles. The number of rotatable bonds is 2. The second kappa shape index (κ2) is 3.57. The summed E-state index contributed by atoms with van der Waals surface area (Å²) >= 11 is 0. The van der Waals surface area contributed by atoms with Gasteiger partial charge in [0.25, 0.3) is 0 Å². The van der Waals surface area contributed by atoms with E-state index in [-0.39, 0.29) is 5.92 Å². The maximum Gasteiger partial charge on any atom is 0.0912 e. The molecule has 2 heteroatoms. The number of nitriles is 1. The molecule has 0 aromatic carbocycles. The third-order valence-corrected chi connectivity index (χ3v) is 2.77. The van der Waals surface area contributed by atoms with Crippen LogP contribution in [0.4, 0.5) is 0 Å². The standard InChI is InChI=1S/C11H12N2/c12-8-10(9-4-3-5-9)11-6-1-2-7-13-11/h1-2,6-7,9-10H,3-5H2. The Morgan fingerprint density at radius 3 is 2.77 bits per heavy atom. The molecule has 66 valence electrons. The van der Waals surface area contributed by atoms with Crippen LogP contribution in [-0.4, -0.2) is 4.98 Å². The van der Waals surface area contributed by atoms with E-state index in [9.17, 15) is 0 Å². The normalized spacial score (nSPS) is 18.7. The van der Waals surface area contributed by atoms with E-state index in [0.717, 1.165) is 5.69 Å². The van der Waals surface area contributed by atoms with Crippen molar-refractivity contribution in [1.82, 2.24) is 4.98 Å². The molecule has 1 aliphatic carbocycles. The van der Waals surface area contributed by atoms with Gasteiger partial charge in [-0.1, -0.05) is 12.5 Å². The van der Waals surface area contributed by atoms with Crippen LogP contribution in [-0.2, 0) is 0 Å². The van der Waals surface area contributed by atoms with Gasteiger partial charge >= 0.3 is 0 Å². The Kier molecular flexibility index (Phi) is 2.27. The van der Waals surface area contributed by atoms with Crippen LogP contribution < -0.4 is 0 Å². The van der Waals surface area contributed by atoms with E-state index in [0.29, 0.717) is 5.92 Å². The first-order chi connectivity index (χ1) is 6.42. The second-order valence-corrected chi connectivity index (χ2v) is 3.55. The molecular weight excluding hydrogens is 160 g/mol. The smallest absolute Gasteiger partial charge is 0.0912 e. The maximum absolute atomic E-state index is 9.02. The van der Waals surface area contributed by atoms with E-state index in [1.807, 2.05) is 18.2 Å². The molecule has 0 bridgehead atoms. The van der Waals surface area contributed by atoms with E-state index >= 15 is 0 Å². The van der Waals surface area contributed by atoms with Crippen LogP contribution in [0.3, 0.4) is 0 Å². The van der Waals surface area contributed by atoms with Gasteiger partial charge in [0.15, 0.2) is 0 Å². The van der Waals surface area contributed by atoms with Gasteiger partial charge in [0, 0.05) is 6.20 Å². The zero-order valence-corrected chi connectivity index (χ0v) is 7.48. The molecule has 1 aromatic rings. The van der Waals surface area contributed by atoms with Crippen molar-refractivity contribution < 1.29 is 0 Å². The third-order valence-electron chi connectivity index (χ3n) is 2.77. The van der Waals surface area contributed by atoms with Gasteiger partial charge in [0.05, 0.1) is 17.7 Å². The van der Waals surface area contributed by atoms with Crippen molar-refractivity contribution in [2.24, 2.45) is 5.92 Å². The molecule has 1 heterocycles. The lowest BCUT2D eigenvalue weighted by molar-refractivity contribution is 0.289. The molecule has 1 aliphatic rings. The minimum absolute atomic E-state index is 0.0231. The van der Waals surface area contributed by atoms with Crippen LogP contribution in [0, 0.1) is 17.2 Å². The summed E-state index contributed by atoms with van der Waals surface area (Å²) in [5.74, 6) is 0.579. The van der Waals surface area contributed by atoms with Crippen molar-refractivity contribution in [3.8, 4) is 6.07 Å². The predicted molar refractivity (Wildman–Crippen MR) is 49.9 cm³/mol. The summed E-state index contributed by atoms with van der Waals surface area (Å²) in [6, 6.07) is 8.15. The van der Waals surface area contributed by atoms with Gasteiger partial charge in [-0.05, 0) is 30.9 Å². The van der Waals surface area contributed by atoms with Crippen LogP contribution >= 0.6 is 0 Å². The van der Waals surface area contributed by atoms with Crippen LogP contribution in [0.15, 0.2) is 24.4 Å². The first-order valence-electron chi connectivity index (χ1n) is 4.72. The van der Waals surface area contributed by atoms with Gasteiger partial charge in [-0.15, -0.1) is 0 Å². The van der Waals surface area contributed by atoms with Crippen molar-refractivity contribution in [3.05, 3.63) is 30.1 Å². The highest BCUT2D eigenvalue weighted by Crippen LogP contribution is 2.37. The Balaban J connectivity index is 2.18. The first-order valence-corrected chi connectivity index (χ1v) is 4.72. The largest absolute Gasteiger partial charge is 0.260 e. The van der Waals surface area contributed by atoms with Gasteiger partial charge < -0.3 is 0 Å². The van der Waals surface area contributed by atoms with Crippen molar-refractivity contribution in [2.45, 2.75) is 25.2 Å². The Morgan fingerprint density at radius 2 is 2.31 bits per heavy atom. The molecule has 0 radical (unpaired) electrons. The summed E-state index contributed by atoms with van der Waals surface area (Å²) in [4.78, 5) is 4.23. The molecule has 0 N–H and O–H groups in total. The summed E-state index contributed by atoms with van der Waals surface area (Å²) < 4.78 is 0. The fraction of sp³-hybridized carbons (Fsp3) is 0.455. The molecule has 1 saturated carbocycles. The average Bonchev–Trinajstić information content (AvgIpc) is 2.12. The van der Waals surface area contributed by atoms with Crippen LogP contribution in [0.2, 0.25) is 0 Å². The highest BCUT2D eigenvalue weighted by molar-refractivity contribution is 5.18. The maximum atomic E-state index is 9.02. The van der Waals surface area contributed by atoms with E-state index in [4.69, 9.17) is 5.26 Å². The fourth-order valence-electron chi connectivity index (χ4n) is 1.75. The quantitative estimate of drug-likeness (QED) is 0.687. The predicted octanol–water partition coefficient (Wildman–Crippen LogP) is 2.49. The highest BCUT2D eigenvalue weighted by Gasteiger charge is 2.28. The second-order valence-electron chi connectivity index (χ2n) is 3.55. The first kappa shape index (κ1) is 8.25. The molecular formula is C11H12N2. The lowest BCUT2D eigenvalue weighted by atomic mass is 9.75. The minimum atomic E-state index is 0.0231. The summed E-state index contributed by atoms with van der Waals surface area (Å²) in [5, 5.41) is 9.02. The number of hydrogen-bond donors (Lipinski definition) is 0. The Labute approximate surface area is 78.2 Å². The van der Waals surface area contributed by atoms with Crippen molar-refractivity contribution >= 4 is 0 Å². The topological polar surface area (TPSA) is 36.7 Å². The molecule has 0 amide bonds. The summed E-state index contributed by atoms with van der Waals surface area (Å²) in [5.41, 5.74) is 0.940. The van der Waals surface area contributed by atoms with Gasteiger partial charge in [0.2, 0.25) is 0 Å². The van der Waals surface area contributed by atoms with E-state index in [1.54, 1.807) is 6.20 Å². The monoisotopic (exact) mass is 172 g/mol. The van der Waals surface area contributed by atoms with Gasteiger partial charge in [-0.2, -0.15) is 5.26 Å². The van der Waals surface area contributed by atoms with Gasteiger partial charge in [0.1, 0.15) is 0 Å². The number of aromatic nitrogens is 1. The van der Waals surface area contributed by atoms with Gasteiger partial charge in [-0.25, -0.2) is 0 Å². The van der Waals surface area contributed by atoms with Crippen molar-refractivity contribution in [2.75, 3.05) is 0 Å². The number of nitrogens with zero attached hydrogens (tertiary/aromatic N) is 2. The zero-order valence-electron chi connectivity index (χ0n) is 7.48. The van der Waals surface area contributed by atoms with Crippen molar-refractivity contribution in [3.63, 3.8) is 0 Å². The van der Waals surface area contributed by atoms with Gasteiger partial charge in [-0.3, -0.25) is 4.98 Å². The summed E-state index contributed by atoms with van der Waals surface area (Å²) in [7, 11) is 0. The molecule has 13 heavy (non-hydrogen) atoms. The van der Waals surface area contributed by atoms with E-state index < -0.39 is 0 Å². The summed E-state index contributed by atoms with van der Waals surface area (Å²) in [6.45, 7) is 0. The molecule has 2 rings (SSSR count). The van der Waals surface area contributed by atoms with E-state index in [1.165, 1.54) is 19.3 Å². The zero-order chi connectivity index (χ0) is 9.10. The highest BCUT2D eigenvalue weighted by atomic mass is 14.7. The minimum Gasteiger partial charge on any atom is -0.260 e. The molecule has 0 aliphatic heterocycles. The molecule has 0 saturated heterocycles. The third kappa shape index (κ3) is 1.55. The molecule has 1 atom stereocenters. The average molecular weight is 172 g/mol. The lowest BCUT2D eigenvalue weighted by Crippen LogP contribution is -2.19. The number of hydrogen-bond acceptors (Lipinski definition) is 2. The molecule has 0 spiro atoms. The van der Waals surface area contributed by atoms with Crippen LogP contribution in [0.1, 0.15) is 30.9 Å². The van der Waals surface area contributed by atoms with E-state index in [2.05, 4.69) is 11.1 Å².